The molecule has 1 aromatic heterocycles. The quantitative estimate of drug-likeness (QED) is 0.699. The molecule has 0 saturated carbocycles. The van der Waals surface area contributed by atoms with Gasteiger partial charge in [0.2, 0.25) is 5.56 Å². The number of carbonyl (C=O) groups is 1. The monoisotopic (exact) mass is 238 g/mol. The lowest BCUT2D eigenvalue weighted by molar-refractivity contribution is 0.0850. The minimum absolute atomic E-state index is 0.134. The van der Waals surface area contributed by atoms with Gasteiger partial charge in [0.25, 0.3) is 5.91 Å². The third-order valence-electron chi connectivity index (χ3n) is 2.81. The fraction of sp³-hybridized carbons (Fsp3) is 0.500. The van der Waals surface area contributed by atoms with Crippen LogP contribution in [0.3, 0.4) is 0 Å². The molecule has 0 bridgehead atoms. The molecule has 0 aliphatic carbocycles. The summed E-state index contributed by atoms with van der Waals surface area (Å²) in [6.45, 7) is 4.09. The first-order valence-corrected chi connectivity index (χ1v) is 5.69. The molecule has 17 heavy (non-hydrogen) atoms. The average molecular weight is 238 g/mol. The Hall–Kier alpha value is -1.62. The van der Waals surface area contributed by atoms with Gasteiger partial charge in [0.1, 0.15) is 0 Å². The van der Waals surface area contributed by atoms with Crippen LogP contribution in [0, 0.1) is 5.92 Å². The topological polar surface area (TPSA) is 82.2 Å². The van der Waals surface area contributed by atoms with Gasteiger partial charge in [-0.3, -0.25) is 9.59 Å². The van der Waals surface area contributed by atoms with Crippen molar-refractivity contribution in [3.05, 3.63) is 34.2 Å². The number of rotatable bonds is 5. The molecule has 5 heteroatoms. The van der Waals surface area contributed by atoms with E-state index in [2.05, 4.69) is 10.3 Å². The Morgan fingerprint density at radius 1 is 1.59 bits per heavy atom. The molecule has 0 fully saturated rings. The van der Waals surface area contributed by atoms with Crippen molar-refractivity contribution < 1.29 is 9.90 Å². The maximum atomic E-state index is 11.6. The highest BCUT2D eigenvalue weighted by molar-refractivity contribution is 5.93. The Kier molecular flexibility index (Phi) is 4.90. The minimum Gasteiger partial charge on any atom is -0.391 e. The van der Waals surface area contributed by atoms with E-state index in [1.54, 1.807) is 0 Å². The molecule has 5 nitrogen and oxygen atoms in total. The number of aromatic amines is 1. The van der Waals surface area contributed by atoms with E-state index in [-0.39, 0.29) is 23.9 Å². The van der Waals surface area contributed by atoms with Gasteiger partial charge < -0.3 is 15.4 Å². The van der Waals surface area contributed by atoms with E-state index >= 15 is 0 Å². The Balaban J connectivity index is 2.53. The zero-order valence-electron chi connectivity index (χ0n) is 10.1. The average Bonchev–Trinajstić information content (AvgIpc) is 2.34. The molecule has 1 heterocycles. The van der Waals surface area contributed by atoms with Crippen LogP contribution in [0.15, 0.2) is 23.1 Å². The van der Waals surface area contributed by atoms with Gasteiger partial charge in [-0.15, -0.1) is 0 Å². The van der Waals surface area contributed by atoms with E-state index in [1.807, 2.05) is 13.8 Å². The highest BCUT2D eigenvalue weighted by Crippen LogP contribution is 2.06. The summed E-state index contributed by atoms with van der Waals surface area (Å²) in [5.41, 5.74) is -0.0229. The van der Waals surface area contributed by atoms with Crippen LogP contribution in [-0.4, -0.2) is 28.6 Å². The number of H-pyrrole nitrogens is 1. The third-order valence-corrected chi connectivity index (χ3v) is 2.81. The van der Waals surface area contributed by atoms with Crippen molar-refractivity contribution in [2.45, 2.75) is 26.4 Å². The van der Waals surface area contributed by atoms with E-state index in [9.17, 15) is 14.7 Å². The molecular formula is C12H18N2O3. The van der Waals surface area contributed by atoms with Crippen LogP contribution in [0.25, 0.3) is 0 Å². The second-order valence-corrected chi connectivity index (χ2v) is 4.10. The van der Waals surface area contributed by atoms with Crippen LogP contribution in [0.4, 0.5) is 0 Å². The molecule has 0 aliphatic rings. The van der Waals surface area contributed by atoms with Crippen LogP contribution in [-0.2, 0) is 0 Å². The van der Waals surface area contributed by atoms with E-state index in [1.165, 1.54) is 18.3 Å². The highest BCUT2D eigenvalue weighted by atomic mass is 16.3. The molecule has 94 valence electrons. The first-order chi connectivity index (χ1) is 8.04. The smallest absolute Gasteiger partial charge is 0.251 e. The Morgan fingerprint density at radius 2 is 2.29 bits per heavy atom. The van der Waals surface area contributed by atoms with E-state index in [0.29, 0.717) is 5.56 Å². The molecule has 1 amide bonds. The Bertz CT molecular complexity index is 428. The van der Waals surface area contributed by atoms with Crippen molar-refractivity contribution >= 4 is 5.91 Å². The Morgan fingerprint density at radius 3 is 2.88 bits per heavy atom. The summed E-state index contributed by atoms with van der Waals surface area (Å²) in [5.74, 6) is -0.215. The van der Waals surface area contributed by atoms with Crippen molar-refractivity contribution in [3.63, 3.8) is 0 Å². The number of aromatic nitrogens is 1. The number of pyridine rings is 1. The molecule has 3 N–H and O–H groups in total. The zero-order chi connectivity index (χ0) is 12.8. The Labute approximate surface area is 99.9 Å². The number of aliphatic hydroxyl groups excluding tert-OH is 1. The van der Waals surface area contributed by atoms with Crippen LogP contribution < -0.4 is 10.9 Å². The fourth-order valence-electron chi connectivity index (χ4n) is 1.36. The number of hydrogen-bond donors (Lipinski definition) is 3. The molecule has 1 aromatic rings. The van der Waals surface area contributed by atoms with Crippen molar-refractivity contribution in [2.24, 2.45) is 5.92 Å². The van der Waals surface area contributed by atoms with Gasteiger partial charge in [-0.1, -0.05) is 20.3 Å². The molecule has 2 unspecified atom stereocenters. The summed E-state index contributed by atoms with van der Waals surface area (Å²) >= 11 is 0. The summed E-state index contributed by atoms with van der Waals surface area (Å²) in [6, 6.07) is 2.75. The second-order valence-electron chi connectivity index (χ2n) is 4.10. The minimum atomic E-state index is -0.564. The van der Waals surface area contributed by atoms with Crippen LogP contribution >= 0.6 is 0 Å². The molecule has 0 saturated heterocycles. The summed E-state index contributed by atoms with van der Waals surface area (Å²) < 4.78 is 0. The fourth-order valence-corrected chi connectivity index (χ4v) is 1.36. The van der Waals surface area contributed by atoms with Gasteiger partial charge in [0, 0.05) is 24.4 Å². The number of amides is 1. The number of aliphatic hydroxyl groups is 1. The lowest BCUT2D eigenvalue weighted by Gasteiger charge is -2.17. The molecular weight excluding hydrogens is 220 g/mol. The number of hydrogen-bond acceptors (Lipinski definition) is 3. The highest BCUT2D eigenvalue weighted by Gasteiger charge is 2.14. The van der Waals surface area contributed by atoms with Crippen LogP contribution in [0.1, 0.15) is 30.6 Å². The summed E-state index contributed by atoms with van der Waals surface area (Å²) in [6.07, 6.45) is 1.70. The predicted octanol–water partition coefficient (Wildman–Crippen LogP) is 0.512. The lowest BCUT2D eigenvalue weighted by Crippen LogP contribution is -2.35. The van der Waals surface area contributed by atoms with Gasteiger partial charge in [-0.25, -0.2) is 0 Å². The normalized spacial score (nSPS) is 14.1. The van der Waals surface area contributed by atoms with Crippen LogP contribution in [0.2, 0.25) is 0 Å². The van der Waals surface area contributed by atoms with E-state index in [4.69, 9.17) is 0 Å². The maximum Gasteiger partial charge on any atom is 0.251 e. The third kappa shape index (κ3) is 4.03. The van der Waals surface area contributed by atoms with Crippen molar-refractivity contribution in [2.75, 3.05) is 6.54 Å². The molecule has 0 radical (unpaired) electrons. The summed E-state index contributed by atoms with van der Waals surface area (Å²) in [7, 11) is 0. The lowest BCUT2D eigenvalue weighted by atomic mass is 10.0. The second kappa shape index (κ2) is 6.20. The number of carbonyl (C=O) groups excluding carboxylic acids is 1. The van der Waals surface area contributed by atoms with Gasteiger partial charge in [0.15, 0.2) is 0 Å². The zero-order valence-corrected chi connectivity index (χ0v) is 10.1. The molecule has 0 aliphatic heterocycles. The number of nitrogens with one attached hydrogen (secondary N) is 2. The standard InChI is InChI=1S/C12H18N2O3/c1-3-8(2)10(15)7-14-12(17)9-4-5-13-11(16)6-9/h4-6,8,10,15H,3,7H2,1-2H3,(H,13,16)(H,14,17). The van der Waals surface area contributed by atoms with Crippen molar-refractivity contribution in [3.8, 4) is 0 Å². The van der Waals surface area contributed by atoms with E-state index in [0.717, 1.165) is 6.42 Å². The largest absolute Gasteiger partial charge is 0.391 e. The molecule has 0 aromatic carbocycles. The summed E-state index contributed by atoms with van der Waals surface area (Å²) in [5, 5.41) is 12.3. The molecule has 1 rings (SSSR count). The van der Waals surface area contributed by atoms with E-state index < -0.39 is 6.10 Å². The summed E-state index contributed by atoms with van der Waals surface area (Å²) in [4.78, 5) is 25.1. The van der Waals surface area contributed by atoms with Gasteiger partial charge in [-0.05, 0) is 12.0 Å². The van der Waals surface area contributed by atoms with Gasteiger partial charge in [-0.2, -0.15) is 0 Å². The van der Waals surface area contributed by atoms with Crippen molar-refractivity contribution in [1.82, 2.24) is 10.3 Å². The first kappa shape index (κ1) is 13.4. The van der Waals surface area contributed by atoms with Crippen molar-refractivity contribution in [1.29, 1.82) is 0 Å². The molecule has 0 spiro atoms. The predicted molar refractivity (Wildman–Crippen MR) is 64.9 cm³/mol. The SMILES string of the molecule is CCC(C)C(O)CNC(=O)c1cc[nH]c(=O)c1. The first-order valence-electron chi connectivity index (χ1n) is 5.69. The van der Waals surface area contributed by atoms with Crippen LogP contribution in [0.5, 0.6) is 0 Å². The maximum absolute atomic E-state index is 11.6. The van der Waals surface area contributed by atoms with Gasteiger partial charge in [0.05, 0.1) is 6.10 Å². The van der Waals surface area contributed by atoms with Gasteiger partial charge >= 0.3 is 0 Å². The molecule has 2 atom stereocenters.